The van der Waals surface area contributed by atoms with E-state index in [4.69, 9.17) is 0 Å². The summed E-state index contributed by atoms with van der Waals surface area (Å²) >= 11 is 0. The van der Waals surface area contributed by atoms with Crippen LogP contribution in [0.5, 0.6) is 0 Å². The number of hydrogen-bond acceptors (Lipinski definition) is 2. The summed E-state index contributed by atoms with van der Waals surface area (Å²) in [5.41, 5.74) is 2.08. The molecule has 3 rings (SSSR count). The van der Waals surface area contributed by atoms with E-state index < -0.39 is 0 Å². The molecule has 0 aliphatic carbocycles. The van der Waals surface area contributed by atoms with Crippen LogP contribution < -0.4 is 4.90 Å². The van der Waals surface area contributed by atoms with Crippen LogP contribution in [-0.4, -0.2) is 36.3 Å². The largest absolute Gasteiger partial charge is 0.333 e. The lowest BCUT2D eigenvalue weighted by Crippen LogP contribution is -2.42. The number of anilines is 1. The molecule has 1 fully saturated rings. The molecule has 0 N–H and O–H groups in total. The van der Waals surface area contributed by atoms with Crippen LogP contribution in [0.25, 0.3) is 0 Å². The van der Waals surface area contributed by atoms with E-state index >= 15 is 0 Å². The Bertz CT molecular complexity index is 685. The third-order valence-electron chi connectivity index (χ3n) is 4.33. The molecule has 0 bridgehead atoms. The fourth-order valence-corrected chi connectivity index (χ4v) is 3.01. The van der Waals surface area contributed by atoms with E-state index in [1.807, 2.05) is 48.5 Å². The summed E-state index contributed by atoms with van der Waals surface area (Å²) < 4.78 is 0. The Kier molecular flexibility index (Phi) is 5.26. The number of hydrogen-bond donors (Lipinski definition) is 0. The van der Waals surface area contributed by atoms with Gasteiger partial charge in [-0.05, 0) is 30.5 Å². The minimum absolute atomic E-state index is 0.0209. The van der Waals surface area contributed by atoms with Gasteiger partial charge in [0.05, 0.1) is 0 Å². The Morgan fingerprint density at radius 1 is 1.00 bits per heavy atom. The van der Waals surface area contributed by atoms with Gasteiger partial charge in [-0.15, -0.1) is 0 Å². The van der Waals surface area contributed by atoms with Gasteiger partial charge in [0.25, 0.3) is 0 Å². The second-order valence-electron chi connectivity index (χ2n) is 6.04. The minimum atomic E-state index is -0.0209. The standard InChI is InChI=1S/C20H22N2O2/c23-19-12-7-14-21(19)16-20(24)22(18-10-5-2-6-11-18)15-13-17-8-3-1-4-9-17/h1-6,8-11H,7,12-16H2. The van der Waals surface area contributed by atoms with E-state index in [-0.39, 0.29) is 18.4 Å². The predicted molar refractivity (Wildman–Crippen MR) is 94.8 cm³/mol. The van der Waals surface area contributed by atoms with Crippen LogP contribution in [0, 0.1) is 0 Å². The predicted octanol–water partition coefficient (Wildman–Crippen LogP) is 2.88. The molecule has 4 heteroatoms. The van der Waals surface area contributed by atoms with Gasteiger partial charge in [-0.1, -0.05) is 48.5 Å². The maximum atomic E-state index is 12.8. The summed E-state index contributed by atoms with van der Waals surface area (Å²) in [6.07, 6.45) is 2.19. The van der Waals surface area contributed by atoms with Gasteiger partial charge < -0.3 is 9.80 Å². The van der Waals surface area contributed by atoms with Crippen molar-refractivity contribution in [2.45, 2.75) is 19.3 Å². The second-order valence-corrected chi connectivity index (χ2v) is 6.04. The summed E-state index contributed by atoms with van der Waals surface area (Å²) in [5, 5.41) is 0. The van der Waals surface area contributed by atoms with Crippen LogP contribution >= 0.6 is 0 Å². The molecular weight excluding hydrogens is 300 g/mol. The number of benzene rings is 2. The smallest absolute Gasteiger partial charge is 0.246 e. The van der Waals surface area contributed by atoms with Gasteiger partial charge in [0.2, 0.25) is 11.8 Å². The van der Waals surface area contributed by atoms with Gasteiger partial charge in [0, 0.05) is 25.2 Å². The molecule has 2 amide bonds. The van der Waals surface area contributed by atoms with E-state index in [1.165, 1.54) is 5.56 Å². The quantitative estimate of drug-likeness (QED) is 0.820. The van der Waals surface area contributed by atoms with E-state index in [0.29, 0.717) is 19.5 Å². The van der Waals surface area contributed by atoms with Crippen LogP contribution in [0.2, 0.25) is 0 Å². The molecule has 1 saturated heterocycles. The highest BCUT2D eigenvalue weighted by Gasteiger charge is 2.25. The van der Waals surface area contributed by atoms with Crippen LogP contribution in [0.3, 0.4) is 0 Å². The fraction of sp³-hybridized carbons (Fsp3) is 0.300. The monoisotopic (exact) mass is 322 g/mol. The van der Waals surface area contributed by atoms with E-state index in [2.05, 4.69) is 12.1 Å². The van der Waals surface area contributed by atoms with Gasteiger partial charge >= 0.3 is 0 Å². The topological polar surface area (TPSA) is 40.6 Å². The Morgan fingerprint density at radius 3 is 2.29 bits per heavy atom. The second kappa shape index (κ2) is 7.77. The van der Waals surface area contributed by atoms with Crippen LogP contribution in [0.15, 0.2) is 60.7 Å². The third-order valence-corrected chi connectivity index (χ3v) is 4.33. The van der Waals surface area contributed by atoms with E-state index in [1.54, 1.807) is 9.80 Å². The average Bonchev–Trinajstić information content (AvgIpc) is 3.02. The van der Waals surface area contributed by atoms with Crippen molar-refractivity contribution in [3.05, 3.63) is 66.2 Å². The third kappa shape index (κ3) is 4.02. The molecule has 0 radical (unpaired) electrons. The van der Waals surface area contributed by atoms with Gasteiger partial charge in [-0.3, -0.25) is 9.59 Å². The normalized spacial score (nSPS) is 14.0. The molecule has 0 atom stereocenters. The maximum Gasteiger partial charge on any atom is 0.246 e. The summed E-state index contributed by atoms with van der Waals surface area (Å²) in [6, 6.07) is 19.8. The lowest BCUT2D eigenvalue weighted by atomic mass is 10.1. The Labute approximate surface area is 142 Å². The molecular formula is C20H22N2O2. The highest BCUT2D eigenvalue weighted by atomic mass is 16.2. The molecule has 0 aromatic heterocycles. The van der Waals surface area contributed by atoms with Gasteiger partial charge in [0.1, 0.15) is 6.54 Å². The van der Waals surface area contributed by atoms with Crippen LogP contribution in [-0.2, 0) is 16.0 Å². The van der Waals surface area contributed by atoms with Gasteiger partial charge in [-0.25, -0.2) is 0 Å². The summed E-state index contributed by atoms with van der Waals surface area (Å²) in [6.45, 7) is 1.46. The number of nitrogens with zero attached hydrogens (tertiary/aromatic N) is 2. The van der Waals surface area contributed by atoms with Crippen molar-refractivity contribution in [1.82, 2.24) is 4.90 Å². The zero-order chi connectivity index (χ0) is 16.8. The van der Waals surface area contributed by atoms with Crippen molar-refractivity contribution in [3.63, 3.8) is 0 Å². The molecule has 1 aliphatic heterocycles. The number of carbonyl (C=O) groups excluding carboxylic acids is 2. The zero-order valence-corrected chi connectivity index (χ0v) is 13.7. The molecule has 0 unspecified atom stereocenters. The lowest BCUT2D eigenvalue weighted by molar-refractivity contribution is -0.132. The first kappa shape index (κ1) is 16.2. The summed E-state index contributed by atoms with van der Waals surface area (Å²) in [7, 11) is 0. The lowest BCUT2D eigenvalue weighted by Gasteiger charge is -2.25. The van der Waals surface area contributed by atoms with Crippen molar-refractivity contribution in [2.24, 2.45) is 0 Å². The highest BCUT2D eigenvalue weighted by Crippen LogP contribution is 2.17. The molecule has 0 spiro atoms. The molecule has 2 aromatic rings. The highest BCUT2D eigenvalue weighted by molar-refractivity contribution is 5.97. The van der Waals surface area contributed by atoms with Gasteiger partial charge in [0.15, 0.2) is 0 Å². The first-order valence-corrected chi connectivity index (χ1v) is 8.41. The SMILES string of the molecule is O=C1CCCN1CC(=O)N(CCc1ccccc1)c1ccccc1. The van der Waals surface area contributed by atoms with Crippen molar-refractivity contribution < 1.29 is 9.59 Å². The van der Waals surface area contributed by atoms with Crippen LogP contribution in [0.4, 0.5) is 5.69 Å². The van der Waals surface area contributed by atoms with Crippen molar-refractivity contribution >= 4 is 17.5 Å². The van der Waals surface area contributed by atoms with Crippen molar-refractivity contribution in [1.29, 1.82) is 0 Å². The molecule has 0 saturated carbocycles. The fourth-order valence-electron chi connectivity index (χ4n) is 3.01. The van der Waals surface area contributed by atoms with Crippen molar-refractivity contribution in [2.75, 3.05) is 24.5 Å². The van der Waals surface area contributed by atoms with E-state index in [9.17, 15) is 9.59 Å². The minimum Gasteiger partial charge on any atom is -0.333 e. The van der Waals surface area contributed by atoms with Crippen LogP contribution in [0.1, 0.15) is 18.4 Å². The molecule has 24 heavy (non-hydrogen) atoms. The number of carbonyl (C=O) groups is 2. The van der Waals surface area contributed by atoms with E-state index in [0.717, 1.165) is 18.5 Å². The zero-order valence-electron chi connectivity index (χ0n) is 13.7. The Morgan fingerprint density at radius 2 is 1.67 bits per heavy atom. The number of rotatable bonds is 6. The Hall–Kier alpha value is -2.62. The first-order valence-electron chi connectivity index (χ1n) is 8.41. The average molecular weight is 322 g/mol. The molecule has 1 heterocycles. The molecule has 2 aromatic carbocycles. The number of amides is 2. The van der Waals surface area contributed by atoms with Gasteiger partial charge in [-0.2, -0.15) is 0 Å². The molecule has 4 nitrogen and oxygen atoms in total. The Balaban J connectivity index is 1.72. The van der Waals surface area contributed by atoms with Crippen molar-refractivity contribution in [3.8, 4) is 0 Å². The summed E-state index contributed by atoms with van der Waals surface area (Å²) in [4.78, 5) is 28.1. The number of para-hydroxylation sites is 1. The summed E-state index contributed by atoms with van der Waals surface area (Å²) in [5.74, 6) is 0.0619. The molecule has 124 valence electrons. The number of likely N-dealkylation sites (tertiary alicyclic amines) is 1. The maximum absolute atomic E-state index is 12.8. The first-order chi connectivity index (χ1) is 11.7. The molecule has 1 aliphatic rings.